The van der Waals surface area contributed by atoms with Crippen molar-refractivity contribution < 1.29 is 9.53 Å². The lowest BCUT2D eigenvalue weighted by Gasteiger charge is -2.74. The fourth-order valence-electron chi connectivity index (χ4n) is 4.50. The first kappa shape index (κ1) is 8.75. The summed E-state index contributed by atoms with van der Waals surface area (Å²) in [5.41, 5.74) is 0.989. The Kier molecular flexibility index (Phi) is 1.58. The van der Waals surface area contributed by atoms with Crippen molar-refractivity contribution in [2.24, 2.45) is 16.7 Å². The van der Waals surface area contributed by atoms with Crippen LogP contribution in [-0.4, -0.2) is 13.1 Å². The maximum absolute atomic E-state index is 11.6. The number of ether oxygens (including phenoxy) is 1. The zero-order valence-electron chi connectivity index (χ0n) is 8.84. The SMILES string of the molecule is COC(=O)C1CC23CCCCC12CC3. The largest absolute Gasteiger partial charge is 0.469 e. The Labute approximate surface area is 85.0 Å². The number of rotatable bonds is 1. The molecule has 78 valence electrons. The molecule has 2 heteroatoms. The van der Waals surface area contributed by atoms with E-state index in [4.69, 9.17) is 4.74 Å². The zero-order chi connectivity index (χ0) is 9.81. The standard InChI is InChI=1S/C12H18O2/c1-14-10(13)9-8-11-4-2-3-5-12(9,11)7-6-11/h9H,2-8H2,1H3. The lowest BCUT2D eigenvalue weighted by atomic mass is 9.30. The summed E-state index contributed by atoms with van der Waals surface area (Å²) in [7, 11) is 1.53. The summed E-state index contributed by atoms with van der Waals surface area (Å²) in [5.74, 6) is 0.309. The van der Waals surface area contributed by atoms with Crippen LogP contribution < -0.4 is 0 Å². The van der Waals surface area contributed by atoms with E-state index in [0.29, 0.717) is 10.8 Å². The van der Waals surface area contributed by atoms with Crippen molar-refractivity contribution in [3.63, 3.8) is 0 Å². The van der Waals surface area contributed by atoms with E-state index in [0.717, 1.165) is 6.42 Å². The van der Waals surface area contributed by atoms with Crippen LogP contribution in [0.3, 0.4) is 0 Å². The van der Waals surface area contributed by atoms with Gasteiger partial charge in [0.25, 0.3) is 0 Å². The van der Waals surface area contributed by atoms with E-state index in [1.807, 2.05) is 0 Å². The van der Waals surface area contributed by atoms with E-state index in [1.54, 1.807) is 0 Å². The van der Waals surface area contributed by atoms with Crippen LogP contribution in [0.5, 0.6) is 0 Å². The minimum Gasteiger partial charge on any atom is -0.469 e. The molecule has 0 heterocycles. The van der Waals surface area contributed by atoms with Crippen LogP contribution in [0.4, 0.5) is 0 Å². The molecule has 0 aromatic rings. The van der Waals surface area contributed by atoms with Crippen LogP contribution in [0.2, 0.25) is 0 Å². The highest BCUT2D eigenvalue weighted by atomic mass is 16.5. The molecular weight excluding hydrogens is 176 g/mol. The van der Waals surface area contributed by atoms with E-state index >= 15 is 0 Å². The van der Waals surface area contributed by atoms with Crippen LogP contribution in [0.15, 0.2) is 0 Å². The lowest BCUT2D eigenvalue weighted by molar-refractivity contribution is -0.258. The molecule has 0 aliphatic heterocycles. The smallest absolute Gasteiger partial charge is 0.309 e. The van der Waals surface area contributed by atoms with Gasteiger partial charge in [-0.3, -0.25) is 4.79 Å². The number of carbonyl (C=O) groups excluding carboxylic acids is 1. The van der Waals surface area contributed by atoms with Crippen molar-refractivity contribution in [2.75, 3.05) is 7.11 Å². The molecule has 3 aliphatic rings. The molecule has 0 spiro atoms. The molecule has 14 heavy (non-hydrogen) atoms. The third-order valence-corrected chi connectivity index (χ3v) is 5.38. The fourth-order valence-corrected chi connectivity index (χ4v) is 4.50. The quantitative estimate of drug-likeness (QED) is 0.599. The van der Waals surface area contributed by atoms with Gasteiger partial charge in [-0.15, -0.1) is 0 Å². The molecule has 3 unspecified atom stereocenters. The second-order valence-corrected chi connectivity index (χ2v) is 5.42. The van der Waals surface area contributed by atoms with E-state index in [2.05, 4.69) is 0 Å². The second kappa shape index (κ2) is 2.53. The van der Waals surface area contributed by atoms with Crippen LogP contribution >= 0.6 is 0 Å². The van der Waals surface area contributed by atoms with Gasteiger partial charge in [-0.1, -0.05) is 12.8 Å². The zero-order valence-corrected chi connectivity index (χ0v) is 8.84. The number of hydrogen-bond donors (Lipinski definition) is 0. The number of esters is 1. The lowest BCUT2D eigenvalue weighted by Crippen LogP contribution is -2.68. The molecular formula is C12H18O2. The predicted octanol–water partition coefficient (Wildman–Crippen LogP) is 2.52. The van der Waals surface area contributed by atoms with Crippen LogP contribution in [-0.2, 0) is 9.53 Å². The summed E-state index contributed by atoms with van der Waals surface area (Å²) in [6, 6.07) is 0. The first-order valence-electron chi connectivity index (χ1n) is 5.82. The van der Waals surface area contributed by atoms with Gasteiger partial charge in [0, 0.05) is 0 Å². The Hall–Kier alpha value is -0.530. The first-order valence-corrected chi connectivity index (χ1v) is 5.82. The van der Waals surface area contributed by atoms with Gasteiger partial charge in [-0.25, -0.2) is 0 Å². The van der Waals surface area contributed by atoms with Crippen molar-refractivity contribution in [3.05, 3.63) is 0 Å². The van der Waals surface area contributed by atoms with Crippen LogP contribution in [0, 0.1) is 16.7 Å². The second-order valence-electron chi connectivity index (χ2n) is 5.42. The minimum atomic E-state index is 0.0576. The van der Waals surface area contributed by atoms with E-state index in [9.17, 15) is 4.79 Å². The van der Waals surface area contributed by atoms with Crippen molar-refractivity contribution >= 4 is 5.97 Å². The van der Waals surface area contributed by atoms with Crippen molar-refractivity contribution in [1.29, 1.82) is 0 Å². The average molecular weight is 194 g/mol. The molecule has 0 aromatic carbocycles. The molecule has 0 aromatic heterocycles. The highest BCUT2D eigenvalue weighted by Crippen LogP contribution is 2.78. The van der Waals surface area contributed by atoms with Gasteiger partial charge in [0.2, 0.25) is 0 Å². The maximum atomic E-state index is 11.6. The summed E-state index contributed by atoms with van der Waals surface area (Å²) in [5, 5.41) is 0. The third kappa shape index (κ3) is 0.731. The maximum Gasteiger partial charge on any atom is 0.309 e. The fraction of sp³-hybridized carbons (Fsp3) is 0.917. The summed E-state index contributed by atoms with van der Waals surface area (Å²) in [6.45, 7) is 0. The van der Waals surface area contributed by atoms with Gasteiger partial charge in [0.05, 0.1) is 13.0 Å². The van der Waals surface area contributed by atoms with Gasteiger partial charge >= 0.3 is 5.97 Å². The Morgan fingerprint density at radius 2 is 2.00 bits per heavy atom. The first-order chi connectivity index (χ1) is 6.74. The molecule has 2 nitrogen and oxygen atoms in total. The van der Waals surface area contributed by atoms with Crippen LogP contribution in [0.1, 0.15) is 44.9 Å². The number of carbonyl (C=O) groups is 1. The van der Waals surface area contributed by atoms with Crippen LogP contribution in [0.25, 0.3) is 0 Å². The van der Waals surface area contributed by atoms with E-state index in [-0.39, 0.29) is 11.9 Å². The van der Waals surface area contributed by atoms with Gasteiger partial charge in [-0.2, -0.15) is 0 Å². The Morgan fingerprint density at radius 1 is 1.21 bits per heavy atom. The van der Waals surface area contributed by atoms with Crippen molar-refractivity contribution in [3.8, 4) is 0 Å². The summed E-state index contributed by atoms with van der Waals surface area (Å²) in [6.07, 6.45) is 9.16. The third-order valence-electron chi connectivity index (χ3n) is 5.38. The van der Waals surface area contributed by atoms with Gasteiger partial charge in [-0.05, 0) is 42.9 Å². The Bertz CT molecular complexity index is 286. The summed E-state index contributed by atoms with van der Waals surface area (Å²) >= 11 is 0. The van der Waals surface area contributed by atoms with Gasteiger partial charge in [0.1, 0.15) is 0 Å². The Balaban J connectivity index is 1.85. The topological polar surface area (TPSA) is 26.3 Å². The highest BCUT2D eigenvalue weighted by Gasteiger charge is 2.72. The molecule has 3 atom stereocenters. The molecule has 3 aliphatic carbocycles. The molecule has 0 saturated heterocycles. The normalized spacial score (nSPS) is 49.4. The molecule has 0 radical (unpaired) electrons. The molecule has 0 N–H and O–H groups in total. The molecule has 3 rings (SSSR count). The van der Waals surface area contributed by atoms with Crippen molar-refractivity contribution in [2.45, 2.75) is 44.9 Å². The Morgan fingerprint density at radius 3 is 2.57 bits per heavy atom. The summed E-state index contributed by atoms with van der Waals surface area (Å²) in [4.78, 5) is 11.6. The molecule has 3 fully saturated rings. The van der Waals surface area contributed by atoms with Crippen molar-refractivity contribution in [1.82, 2.24) is 0 Å². The predicted molar refractivity (Wildman–Crippen MR) is 52.7 cm³/mol. The van der Waals surface area contributed by atoms with Gasteiger partial charge < -0.3 is 4.74 Å². The number of methoxy groups -OCH3 is 1. The molecule has 0 amide bonds. The van der Waals surface area contributed by atoms with E-state index < -0.39 is 0 Å². The molecule has 3 saturated carbocycles. The summed E-state index contributed by atoms with van der Waals surface area (Å²) < 4.78 is 4.91. The monoisotopic (exact) mass is 194 g/mol. The average Bonchev–Trinajstić information content (AvgIpc) is 2.15. The van der Waals surface area contributed by atoms with E-state index in [1.165, 1.54) is 45.6 Å². The highest BCUT2D eigenvalue weighted by molar-refractivity contribution is 5.75. The molecule has 0 bridgehead atoms. The minimum absolute atomic E-state index is 0.0576. The van der Waals surface area contributed by atoms with Gasteiger partial charge in [0.15, 0.2) is 0 Å². The number of hydrogen-bond acceptors (Lipinski definition) is 2.